The number of hydrogen-bond donors (Lipinski definition) is 0. The average Bonchev–Trinajstić information content (AvgIpc) is 2.41. The highest BCUT2D eigenvalue weighted by atomic mass is 16.2. The van der Waals surface area contributed by atoms with Crippen molar-refractivity contribution in [2.75, 3.05) is 13.6 Å². The highest BCUT2D eigenvalue weighted by Gasteiger charge is 2.53. The number of likely N-dealkylation sites (N-methyl/N-ethyl adjacent to an activating group) is 1. The van der Waals surface area contributed by atoms with Crippen molar-refractivity contribution in [2.45, 2.75) is 38.3 Å². The highest BCUT2D eigenvalue weighted by molar-refractivity contribution is 5.78. The molecular formula is C12H20N2O. The topological polar surface area (TPSA) is 23.6 Å². The van der Waals surface area contributed by atoms with Crippen LogP contribution in [-0.2, 0) is 0 Å². The van der Waals surface area contributed by atoms with Gasteiger partial charge in [-0.15, -0.1) is 6.58 Å². The van der Waals surface area contributed by atoms with Crippen LogP contribution in [0.3, 0.4) is 0 Å². The molecule has 2 saturated heterocycles. The molecule has 2 aliphatic heterocycles. The van der Waals surface area contributed by atoms with E-state index >= 15 is 0 Å². The fourth-order valence-electron chi connectivity index (χ4n) is 3.03. The Morgan fingerprint density at radius 3 is 2.80 bits per heavy atom. The van der Waals surface area contributed by atoms with E-state index in [2.05, 4.69) is 20.4 Å². The first-order valence-electron chi connectivity index (χ1n) is 5.67. The molecule has 0 bridgehead atoms. The molecule has 2 fully saturated rings. The van der Waals surface area contributed by atoms with Crippen LogP contribution in [0.2, 0.25) is 0 Å². The first-order valence-corrected chi connectivity index (χ1v) is 5.67. The van der Waals surface area contributed by atoms with E-state index in [-0.39, 0.29) is 11.6 Å². The van der Waals surface area contributed by atoms with Gasteiger partial charge >= 0.3 is 6.03 Å². The number of hydrogen-bond acceptors (Lipinski definition) is 1. The van der Waals surface area contributed by atoms with Crippen molar-refractivity contribution < 1.29 is 4.79 Å². The van der Waals surface area contributed by atoms with Gasteiger partial charge in [-0.05, 0) is 32.6 Å². The second-order valence-electron chi connectivity index (χ2n) is 5.18. The first-order chi connectivity index (χ1) is 7.00. The van der Waals surface area contributed by atoms with Gasteiger partial charge in [0.2, 0.25) is 0 Å². The SMILES string of the molecule is C=C[C@H]1CCCN2C(=O)N(C)C(C)(C)[C@H]12. The van der Waals surface area contributed by atoms with E-state index in [4.69, 9.17) is 0 Å². The summed E-state index contributed by atoms with van der Waals surface area (Å²) in [6, 6.07) is 0.484. The number of urea groups is 1. The number of fused-ring (bicyclic) bond motifs is 1. The van der Waals surface area contributed by atoms with Gasteiger partial charge in [-0.25, -0.2) is 4.79 Å². The molecular weight excluding hydrogens is 188 g/mol. The van der Waals surface area contributed by atoms with Gasteiger partial charge in [-0.1, -0.05) is 6.08 Å². The normalized spacial score (nSPS) is 34.2. The van der Waals surface area contributed by atoms with E-state index in [1.165, 1.54) is 0 Å². The maximum Gasteiger partial charge on any atom is 0.320 e. The molecule has 0 spiro atoms. The molecule has 0 radical (unpaired) electrons. The largest absolute Gasteiger partial charge is 0.320 e. The van der Waals surface area contributed by atoms with Crippen molar-refractivity contribution in [3.8, 4) is 0 Å². The van der Waals surface area contributed by atoms with Gasteiger partial charge in [0, 0.05) is 13.6 Å². The summed E-state index contributed by atoms with van der Waals surface area (Å²) < 4.78 is 0. The molecule has 0 saturated carbocycles. The average molecular weight is 208 g/mol. The summed E-state index contributed by atoms with van der Waals surface area (Å²) >= 11 is 0. The number of piperidine rings is 1. The van der Waals surface area contributed by atoms with Crippen molar-refractivity contribution in [1.29, 1.82) is 0 Å². The molecule has 2 aliphatic rings. The summed E-state index contributed by atoms with van der Waals surface area (Å²) in [5.74, 6) is 0.447. The van der Waals surface area contributed by atoms with Crippen LogP contribution in [-0.4, -0.2) is 41.0 Å². The number of carbonyl (C=O) groups is 1. The van der Waals surface area contributed by atoms with E-state index < -0.39 is 0 Å². The van der Waals surface area contributed by atoms with Crippen LogP contribution in [0.15, 0.2) is 12.7 Å². The number of nitrogens with zero attached hydrogens (tertiary/aromatic N) is 2. The van der Waals surface area contributed by atoms with Gasteiger partial charge < -0.3 is 9.80 Å². The minimum Gasteiger partial charge on any atom is -0.320 e. The quantitative estimate of drug-likeness (QED) is 0.605. The molecule has 0 unspecified atom stereocenters. The summed E-state index contributed by atoms with van der Waals surface area (Å²) in [6.45, 7) is 9.11. The summed E-state index contributed by atoms with van der Waals surface area (Å²) in [4.78, 5) is 15.9. The van der Waals surface area contributed by atoms with Crippen molar-refractivity contribution in [1.82, 2.24) is 9.80 Å². The molecule has 2 heterocycles. The molecule has 2 amide bonds. The lowest BCUT2D eigenvalue weighted by molar-refractivity contribution is 0.125. The Labute approximate surface area is 91.7 Å². The van der Waals surface area contributed by atoms with E-state index in [0.29, 0.717) is 12.0 Å². The van der Waals surface area contributed by atoms with Crippen LogP contribution in [0.25, 0.3) is 0 Å². The standard InChI is InChI=1S/C12H20N2O/c1-5-9-7-6-8-14-10(9)12(2,3)13(4)11(14)15/h5,9-10H,1,6-8H2,2-4H3/t9-,10-/m0/s1. The summed E-state index contributed by atoms with van der Waals surface area (Å²) in [6.07, 6.45) is 4.28. The lowest BCUT2D eigenvalue weighted by Crippen LogP contribution is -2.51. The van der Waals surface area contributed by atoms with Crippen LogP contribution >= 0.6 is 0 Å². The third kappa shape index (κ3) is 1.29. The van der Waals surface area contributed by atoms with E-state index in [0.717, 1.165) is 19.4 Å². The third-order valence-corrected chi connectivity index (χ3v) is 4.10. The first kappa shape index (κ1) is 10.5. The Hall–Kier alpha value is -0.990. The number of amides is 2. The van der Waals surface area contributed by atoms with Crippen LogP contribution in [0.4, 0.5) is 4.79 Å². The Bertz CT molecular complexity index is 298. The van der Waals surface area contributed by atoms with Crippen LogP contribution in [0.5, 0.6) is 0 Å². The Morgan fingerprint density at radius 1 is 1.53 bits per heavy atom. The number of rotatable bonds is 1. The fraction of sp³-hybridized carbons (Fsp3) is 0.750. The zero-order valence-corrected chi connectivity index (χ0v) is 9.86. The second-order valence-corrected chi connectivity index (χ2v) is 5.18. The minimum atomic E-state index is -0.0731. The predicted molar refractivity (Wildman–Crippen MR) is 60.7 cm³/mol. The van der Waals surface area contributed by atoms with Gasteiger partial charge in [0.05, 0.1) is 11.6 Å². The summed E-state index contributed by atoms with van der Waals surface area (Å²) in [5, 5.41) is 0. The number of carbonyl (C=O) groups excluding carboxylic acids is 1. The second kappa shape index (κ2) is 3.26. The molecule has 0 N–H and O–H groups in total. The molecule has 15 heavy (non-hydrogen) atoms. The highest BCUT2D eigenvalue weighted by Crippen LogP contribution is 2.40. The van der Waals surface area contributed by atoms with Gasteiger partial charge in [-0.3, -0.25) is 0 Å². The lowest BCUT2D eigenvalue weighted by Gasteiger charge is -2.40. The zero-order chi connectivity index (χ0) is 11.2. The zero-order valence-electron chi connectivity index (χ0n) is 9.86. The van der Waals surface area contributed by atoms with E-state index in [9.17, 15) is 4.79 Å². The maximum atomic E-state index is 12.0. The molecule has 0 aromatic rings. The monoisotopic (exact) mass is 208 g/mol. The summed E-state index contributed by atoms with van der Waals surface area (Å²) in [5.41, 5.74) is -0.0731. The van der Waals surface area contributed by atoms with Gasteiger partial charge in [-0.2, -0.15) is 0 Å². The smallest absolute Gasteiger partial charge is 0.320 e. The predicted octanol–water partition coefficient (Wildman–Crippen LogP) is 2.10. The molecule has 3 nitrogen and oxygen atoms in total. The molecule has 0 aliphatic carbocycles. The van der Waals surface area contributed by atoms with Gasteiger partial charge in [0.15, 0.2) is 0 Å². The fourth-order valence-corrected chi connectivity index (χ4v) is 3.03. The minimum absolute atomic E-state index is 0.0731. The van der Waals surface area contributed by atoms with Crippen molar-refractivity contribution in [3.63, 3.8) is 0 Å². The lowest BCUT2D eigenvalue weighted by atomic mass is 9.79. The molecule has 0 aromatic heterocycles. The van der Waals surface area contributed by atoms with Crippen LogP contribution in [0.1, 0.15) is 26.7 Å². The third-order valence-electron chi connectivity index (χ3n) is 4.10. The van der Waals surface area contributed by atoms with Crippen molar-refractivity contribution in [2.24, 2.45) is 5.92 Å². The van der Waals surface area contributed by atoms with Gasteiger partial charge in [0.1, 0.15) is 0 Å². The van der Waals surface area contributed by atoms with Crippen LogP contribution < -0.4 is 0 Å². The Kier molecular flexibility index (Phi) is 2.28. The summed E-state index contributed by atoms with van der Waals surface area (Å²) in [7, 11) is 1.90. The van der Waals surface area contributed by atoms with Crippen molar-refractivity contribution >= 4 is 6.03 Å². The Morgan fingerprint density at radius 2 is 2.20 bits per heavy atom. The molecule has 2 atom stereocenters. The molecule has 84 valence electrons. The maximum absolute atomic E-state index is 12.0. The van der Waals surface area contributed by atoms with Crippen molar-refractivity contribution in [3.05, 3.63) is 12.7 Å². The molecule has 0 aromatic carbocycles. The van der Waals surface area contributed by atoms with E-state index in [1.807, 2.05) is 22.9 Å². The van der Waals surface area contributed by atoms with Crippen LogP contribution in [0, 0.1) is 5.92 Å². The molecule has 3 heteroatoms. The molecule has 2 rings (SSSR count). The van der Waals surface area contributed by atoms with E-state index in [1.54, 1.807) is 0 Å². The Balaban J connectivity index is 2.37. The van der Waals surface area contributed by atoms with Gasteiger partial charge in [0.25, 0.3) is 0 Å².